The second-order valence-electron chi connectivity index (χ2n) is 4.70. The van der Waals surface area contributed by atoms with E-state index in [-0.39, 0.29) is 0 Å². The molecule has 1 heterocycles. The van der Waals surface area contributed by atoms with Gasteiger partial charge in [-0.25, -0.2) is 4.98 Å². The van der Waals surface area contributed by atoms with Crippen LogP contribution in [0.25, 0.3) is 0 Å². The number of anilines is 1. The third-order valence-corrected chi connectivity index (χ3v) is 4.29. The van der Waals surface area contributed by atoms with E-state index >= 15 is 0 Å². The molecule has 1 aromatic carbocycles. The normalized spacial score (nSPS) is 10.4. The molecule has 0 bridgehead atoms. The second-order valence-corrected chi connectivity index (χ2v) is 5.49. The van der Waals surface area contributed by atoms with Crippen molar-refractivity contribution in [2.75, 3.05) is 11.9 Å². The lowest BCUT2D eigenvalue weighted by Crippen LogP contribution is -2.05. The SMILES string of the molecule is CCNc1ncccc1COc1cc(C)c(Br)c(C)c1. The van der Waals surface area contributed by atoms with Gasteiger partial charge in [0.1, 0.15) is 18.2 Å². The summed E-state index contributed by atoms with van der Waals surface area (Å²) < 4.78 is 7.03. The lowest BCUT2D eigenvalue weighted by atomic mass is 10.1. The van der Waals surface area contributed by atoms with E-state index in [2.05, 4.69) is 47.0 Å². The molecule has 1 aromatic heterocycles. The molecule has 0 spiro atoms. The highest BCUT2D eigenvalue weighted by molar-refractivity contribution is 9.10. The number of hydrogen-bond acceptors (Lipinski definition) is 3. The van der Waals surface area contributed by atoms with Crippen molar-refractivity contribution < 1.29 is 4.74 Å². The molecule has 3 nitrogen and oxygen atoms in total. The van der Waals surface area contributed by atoms with Crippen LogP contribution in [-0.4, -0.2) is 11.5 Å². The van der Waals surface area contributed by atoms with Crippen LogP contribution in [-0.2, 0) is 6.61 Å². The Morgan fingerprint density at radius 1 is 1.25 bits per heavy atom. The smallest absolute Gasteiger partial charge is 0.132 e. The molecule has 2 aromatic rings. The van der Waals surface area contributed by atoms with Gasteiger partial charge in [-0.15, -0.1) is 0 Å². The topological polar surface area (TPSA) is 34.2 Å². The predicted molar refractivity (Wildman–Crippen MR) is 86.3 cm³/mol. The molecule has 0 aliphatic heterocycles. The number of pyridine rings is 1. The molecule has 0 unspecified atom stereocenters. The van der Waals surface area contributed by atoms with E-state index in [4.69, 9.17) is 4.74 Å². The third kappa shape index (κ3) is 3.51. The maximum absolute atomic E-state index is 5.89. The van der Waals surface area contributed by atoms with Crippen molar-refractivity contribution in [3.8, 4) is 5.75 Å². The number of halogens is 1. The van der Waals surface area contributed by atoms with Crippen molar-refractivity contribution in [1.29, 1.82) is 0 Å². The number of nitrogens with one attached hydrogen (secondary N) is 1. The van der Waals surface area contributed by atoms with Crippen LogP contribution in [0.2, 0.25) is 0 Å². The molecule has 0 atom stereocenters. The lowest BCUT2D eigenvalue weighted by molar-refractivity contribution is 0.306. The number of aromatic nitrogens is 1. The van der Waals surface area contributed by atoms with E-state index in [0.29, 0.717) is 6.61 Å². The van der Waals surface area contributed by atoms with Gasteiger partial charge in [-0.05, 0) is 50.1 Å². The van der Waals surface area contributed by atoms with E-state index in [0.717, 1.165) is 28.1 Å². The quantitative estimate of drug-likeness (QED) is 0.875. The highest BCUT2D eigenvalue weighted by Gasteiger charge is 2.06. The summed E-state index contributed by atoms with van der Waals surface area (Å²) in [6, 6.07) is 8.04. The zero-order valence-corrected chi connectivity index (χ0v) is 13.6. The van der Waals surface area contributed by atoms with Gasteiger partial charge in [0.05, 0.1) is 0 Å². The Kier molecular flexibility index (Phi) is 5.01. The minimum Gasteiger partial charge on any atom is -0.489 e. The molecule has 0 amide bonds. The third-order valence-electron chi connectivity index (χ3n) is 3.04. The van der Waals surface area contributed by atoms with Crippen LogP contribution < -0.4 is 10.1 Å². The second kappa shape index (κ2) is 6.75. The van der Waals surface area contributed by atoms with Crippen LogP contribution in [0.4, 0.5) is 5.82 Å². The highest BCUT2D eigenvalue weighted by Crippen LogP contribution is 2.27. The molecule has 20 heavy (non-hydrogen) atoms. The first-order chi connectivity index (χ1) is 9.61. The fraction of sp³-hybridized carbons (Fsp3) is 0.312. The summed E-state index contributed by atoms with van der Waals surface area (Å²) in [6.45, 7) is 7.55. The molecule has 0 aliphatic rings. The predicted octanol–water partition coefficient (Wildman–Crippen LogP) is 4.47. The average molecular weight is 335 g/mol. The molecule has 106 valence electrons. The Balaban J connectivity index is 2.13. The van der Waals surface area contributed by atoms with Gasteiger partial charge in [-0.2, -0.15) is 0 Å². The Bertz CT molecular complexity index is 576. The largest absolute Gasteiger partial charge is 0.489 e. The Labute approximate surface area is 128 Å². The molecule has 0 aliphatic carbocycles. The maximum Gasteiger partial charge on any atom is 0.132 e. The Morgan fingerprint density at radius 3 is 2.60 bits per heavy atom. The van der Waals surface area contributed by atoms with Crippen LogP contribution in [0.5, 0.6) is 5.75 Å². The van der Waals surface area contributed by atoms with Crippen molar-refractivity contribution in [1.82, 2.24) is 4.98 Å². The lowest BCUT2D eigenvalue weighted by Gasteiger charge is -2.12. The number of rotatable bonds is 5. The van der Waals surface area contributed by atoms with Gasteiger partial charge in [0, 0.05) is 22.8 Å². The van der Waals surface area contributed by atoms with Crippen molar-refractivity contribution in [2.24, 2.45) is 0 Å². The first-order valence-corrected chi connectivity index (χ1v) is 7.48. The van der Waals surface area contributed by atoms with Crippen molar-refractivity contribution in [3.05, 3.63) is 51.6 Å². The number of nitrogens with zero attached hydrogens (tertiary/aromatic N) is 1. The van der Waals surface area contributed by atoms with Gasteiger partial charge in [-0.1, -0.05) is 22.0 Å². The van der Waals surface area contributed by atoms with Crippen LogP contribution in [0.3, 0.4) is 0 Å². The zero-order chi connectivity index (χ0) is 14.5. The highest BCUT2D eigenvalue weighted by atomic mass is 79.9. The fourth-order valence-electron chi connectivity index (χ4n) is 2.03. The molecular weight excluding hydrogens is 316 g/mol. The summed E-state index contributed by atoms with van der Waals surface area (Å²) in [5.74, 6) is 1.77. The number of benzene rings is 1. The number of hydrogen-bond donors (Lipinski definition) is 1. The average Bonchev–Trinajstić information content (AvgIpc) is 2.44. The van der Waals surface area contributed by atoms with E-state index in [9.17, 15) is 0 Å². The Morgan fingerprint density at radius 2 is 1.95 bits per heavy atom. The number of ether oxygens (including phenoxy) is 1. The molecular formula is C16H19BrN2O. The van der Waals surface area contributed by atoms with E-state index < -0.39 is 0 Å². The standard InChI is InChI=1S/C16H19BrN2O/c1-4-18-16-13(6-5-7-19-16)10-20-14-8-11(2)15(17)12(3)9-14/h5-9H,4,10H2,1-3H3,(H,18,19). The molecule has 1 N–H and O–H groups in total. The molecule has 2 rings (SSSR count). The van der Waals surface area contributed by atoms with Gasteiger partial charge in [0.15, 0.2) is 0 Å². The summed E-state index contributed by atoms with van der Waals surface area (Å²) in [5.41, 5.74) is 3.42. The fourth-order valence-corrected chi connectivity index (χ4v) is 2.26. The van der Waals surface area contributed by atoms with Gasteiger partial charge in [0.2, 0.25) is 0 Å². The van der Waals surface area contributed by atoms with Crippen LogP contribution in [0, 0.1) is 13.8 Å². The van der Waals surface area contributed by atoms with Crippen molar-refractivity contribution in [3.63, 3.8) is 0 Å². The molecule has 0 fully saturated rings. The summed E-state index contributed by atoms with van der Waals surface area (Å²) >= 11 is 3.57. The van der Waals surface area contributed by atoms with Gasteiger partial charge in [-0.3, -0.25) is 0 Å². The number of aryl methyl sites for hydroxylation is 2. The minimum atomic E-state index is 0.511. The van der Waals surface area contributed by atoms with E-state index in [1.165, 1.54) is 11.1 Å². The van der Waals surface area contributed by atoms with Crippen LogP contribution >= 0.6 is 15.9 Å². The summed E-state index contributed by atoms with van der Waals surface area (Å²) in [5, 5.41) is 3.25. The summed E-state index contributed by atoms with van der Waals surface area (Å²) in [4.78, 5) is 4.33. The van der Waals surface area contributed by atoms with Gasteiger partial charge >= 0.3 is 0 Å². The van der Waals surface area contributed by atoms with Crippen LogP contribution in [0.1, 0.15) is 23.6 Å². The minimum absolute atomic E-state index is 0.511. The molecule has 0 radical (unpaired) electrons. The van der Waals surface area contributed by atoms with Crippen LogP contribution in [0.15, 0.2) is 34.9 Å². The van der Waals surface area contributed by atoms with Crippen molar-refractivity contribution in [2.45, 2.75) is 27.4 Å². The summed E-state index contributed by atoms with van der Waals surface area (Å²) in [6.07, 6.45) is 1.79. The van der Waals surface area contributed by atoms with Gasteiger partial charge in [0.25, 0.3) is 0 Å². The molecule has 0 saturated carbocycles. The zero-order valence-electron chi connectivity index (χ0n) is 12.0. The monoisotopic (exact) mass is 334 g/mol. The van der Waals surface area contributed by atoms with E-state index in [1.807, 2.05) is 24.3 Å². The summed E-state index contributed by atoms with van der Waals surface area (Å²) in [7, 11) is 0. The van der Waals surface area contributed by atoms with Gasteiger partial charge < -0.3 is 10.1 Å². The molecule has 0 saturated heterocycles. The van der Waals surface area contributed by atoms with Crippen molar-refractivity contribution >= 4 is 21.7 Å². The molecule has 4 heteroatoms. The first kappa shape index (κ1) is 14.9. The Hall–Kier alpha value is -1.55. The van der Waals surface area contributed by atoms with E-state index in [1.54, 1.807) is 6.20 Å². The first-order valence-electron chi connectivity index (χ1n) is 6.69. The maximum atomic E-state index is 5.89.